The molecule has 0 aliphatic rings. The lowest BCUT2D eigenvalue weighted by Crippen LogP contribution is -2.09. The number of halogens is 2. The van der Waals surface area contributed by atoms with E-state index in [-0.39, 0.29) is 0 Å². The van der Waals surface area contributed by atoms with Crippen LogP contribution in [0.15, 0.2) is 36.4 Å². The van der Waals surface area contributed by atoms with Crippen molar-refractivity contribution in [1.82, 2.24) is 0 Å². The SMILES string of the molecule is Cc1ccc(C(N)=S)cc1OCc1c(Cl)cccc1Cl. The number of ether oxygens (including phenoxy) is 1. The summed E-state index contributed by atoms with van der Waals surface area (Å²) in [5.74, 6) is 0.714. The molecular weight excluding hydrogens is 313 g/mol. The quantitative estimate of drug-likeness (QED) is 0.839. The van der Waals surface area contributed by atoms with Gasteiger partial charge in [0.2, 0.25) is 0 Å². The Balaban J connectivity index is 2.23. The van der Waals surface area contributed by atoms with Crippen molar-refractivity contribution in [1.29, 1.82) is 0 Å². The molecule has 5 heteroatoms. The predicted octanol–water partition coefficient (Wildman–Crippen LogP) is 4.52. The number of rotatable bonds is 4. The minimum atomic E-state index is 0.292. The van der Waals surface area contributed by atoms with Crippen molar-refractivity contribution < 1.29 is 4.74 Å². The van der Waals surface area contributed by atoms with Crippen LogP contribution in [0, 0.1) is 6.92 Å². The molecule has 0 aliphatic heterocycles. The molecule has 20 heavy (non-hydrogen) atoms. The summed E-state index contributed by atoms with van der Waals surface area (Å²) < 4.78 is 5.79. The fourth-order valence-electron chi connectivity index (χ4n) is 1.73. The van der Waals surface area contributed by atoms with E-state index < -0.39 is 0 Å². The van der Waals surface area contributed by atoms with Crippen LogP contribution in [0.1, 0.15) is 16.7 Å². The molecular formula is C15H13Cl2NOS. The lowest BCUT2D eigenvalue weighted by molar-refractivity contribution is 0.304. The van der Waals surface area contributed by atoms with Gasteiger partial charge in [-0.05, 0) is 30.7 Å². The van der Waals surface area contributed by atoms with Crippen molar-refractivity contribution in [2.24, 2.45) is 5.73 Å². The monoisotopic (exact) mass is 325 g/mol. The van der Waals surface area contributed by atoms with E-state index in [9.17, 15) is 0 Å². The van der Waals surface area contributed by atoms with Gasteiger partial charge < -0.3 is 10.5 Å². The van der Waals surface area contributed by atoms with Crippen LogP contribution in [-0.2, 0) is 6.61 Å². The van der Waals surface area contributed by atoms with Crippen LogP contribution in [0.25, 0.3) is 0 Å². The first-order chi connectivity index (χ1) is 9.49. The maximum absolute atomic E-state index is 6.11. The minimum absolute atomic E-state index is 0.292. The highest BCUT2D eigenvalue weighted by molar-refractivity contribution is 7.80. The standard InChI is InChI=1S/C15H13Cl2NOS/c1-9-5-6-10(15(18)20)7-14(9)19-8-11-12(16)3-2-4-13(11)17/h2-7H,8H2,1H3,(H2,18,20). The molecule has 2 aromatic carbocycles. The molecule has 0 spiro atoms. The van der Waals surface area contributed by atoms with Crippen LogP contribution in [0.4, 0.5) is 0 Å². The summed E-state index contributed by atoms with van der Waals surface area (Å²) in [4.78, 5) is 0.339. The van der Waals surface area contributed by atoms with E-state index in [1.54, 1.807) is 18.2 Å². The summed E-state index contributed by atoms with van der Waals surface area (Å²) in [7, 11) is 0. The number of hydrogen-bond donors (Lipinski definition) is 1. The third-order valence-corrected chi connectivity index (χ3v) is 3.85. The van der Waals surface area contributed by atoms with E-state index in [1.807, 2.05) is 25.1 Å². The first-order valence-corrected chi connectivity index (χ1v) is 7.11. The molecule has 0 saturated carbocycles. The molecule has 0 heterocycles. The number of nitrogens with two attached hydrogens (primary N) is 1. The second kappa shape index (κ2) is 6.44. The summed E-state index contributed by atoms with van der Waals surface area (Å²) in [6, 6.07) is 11.0. The molecule has 0 unspecified atom stereocenters. The van der Waals surface area contributed by atoms with Crippen molar-refractivity contribution in [2.45, 2.75) is 13.5 Å². The van der Waals surface area contributed by atoms with Gasteiger partial charge in [0.05, 0.1) is 0 Å². The van der Waals surface area contributed by atoms with Gasteiger partial charge in [0.1, 0.15) is 17.3 Å². The van der Waals surface area contributed by atoms with Crippen LogP contribution in [0.5, 0.6) is 5.75 Å². The average Bonchev–Trinajstić information content (AvgIpc) is 2.39. The first kappa shape index (κ1) is 15.1. The maximum atomic E-state index is 6.11. The van der Waals surface area contributed by atoms with Crippen molar-refractivity contribution in [3.05, 3.63) is 63.1 Å². The summed E-state index contributed by atoms with van der Waals surface area (Å²) in [6.45, 7) is 2.24. The summed E-state index contributed by atoms with van der Waals surface area (Å²) in [5.41, 5.74) is 8.15. The lowest BCUT2D eigenvalue weighted by atomic mass is 10.1. The van der Waals surface area contributed by atoms with Crippen molar-refractivity contribution in [3.8, 4) is 5.75 Å². The molecule has 104 valence electrons. The number of thiocarbonyl (C=S) groups is 1. The molecule has 0 saturated heterocycles. The van der Waals surface area contributed by atoms with Crippen LogP contribution in [0.2, 0.25) is 10.0 Å². The van der Waals surface area contributed by atoms with E-state index >= 15 is 0 Å². The third kappa shape index (κ3) is 3.42. The second-order valence-corrected chi connectivity index (χ2v) is 5.59. The Kier molecular flexibility index (Phi) is 4.86. The van der Waals surface area contributed by atoms with E-state index in [0.29, 0.717) is 27.4 Å². The fourth-order valence-corrected chi connectivity index (χ4v) is 2.36. The summed E-state index contributed by atoms with van der Waals surface area (Å²) in [6.07, 6.45) is 0. The Morgan fingerprint density at radius 2 is 1.85 bits per heavy atom. The zero-order valence-electron chi connectivity index (χ0n) is 10.8. The second-order valence-electron chi connectivity index (χ2n) is 4.33. The van der Waals surface area contributed by atoms with E-state index in [1.165, 1.54) is 0 Å². The fraction of sp³-hybridized carbons (Fsp3) is 0.133. The zero-order chi connectivity index (χ0) is 14.7. The van der Waals surface area contributed by atoms with E-state index in [4.69, 9.17) is 45.9 Å². The predicted molar refractivity (Wildman–Crippen MR) is 87.9 cm³/mol. The zero-order valence-corrected chi connectivity index (χ0v) is 13.1. The molecule has 0 aliphatic carbocycles. The molecule has 0 radical (unpaired) electrons. The van der Waals surface area contributed by atoms with E-state index in [2.05, 4.69) is 0 Å². The molecule has 0 amide bonds. The lowest BCUT2D eigenvalue weighted by Gasteiger charge is -2.12. The highest BCUT2D eigenvalue weighted by Gasteiger charge is 2.08. The van der Waals surface area contributed by atoms with E-state index in [0.717, 1.165) is 16.7 Å². The number of benzene rings is 2. The molecule has 2 aromatic rings. The smallest absolute Gasteiger partial charge is 0.123 e. The van der Waals surface area contributed by atoms with Crippen molar-refractivity contribution in [2.75, 3.05) is 0 Å². The number of hydrogen-bond acceptors (Lipinski definition) is 2. The molecule has 0 bridgehead atoms. The normalized spacial score (nSPS) is 10.3. The highest BCUT2D eigenvalue weighted by atomic mass is 35.5. The molecule has 2 nitrogen and oxygen atoms in total. The largest absolute Gasteiger partial charge is 0.489 e. The summed E-state index contributed by atoms with van der Waals surface area (Å²) in [5, 5.41) is 1.17. The Morgan fingerprint density at radius 1 is 1.20 bits per heavy atom. The van der Waals surface area contributed by atoms with Crippen molar-refractivity contribution >= 4 is 40.4 Å². The van der Waals surface area contributed by atoms with Crippen molar-refractivity contribution in [3.63, 3.8) is 0 Å². The molecule has 0 fully saturated rings. The summed E-state index contributed by atoms with van der Waals surface area (Å²) >= 11 is 17.2. The van der Waals surface area contributed by atoms with Gasteiger partial charge in [0.15, 0.2) is 0 Å². The topological polar surface area (TPSA) is 35.2 Å². The van der Waals surface area contributed by atoms with Gasteiger partial charge in [0, 0.05) is 21.2 Å². The van der Waals surface area contributed by atoms with Crippen LogP contribution >= 0.6 is 35.4 Å². The van der Waals surface area contributed by atoms with Gasteiger partial charge in [-0.25, -0.2) is 0 Å². The maximum Gasteiger partial charge on any atom is 0.123 e. The molecule has 2 rings (SSSR count). The van der Waals surface area contributed by atoms with Crippen LogP contribution in [-0.4, -0.2) is 4.99 Å². The van der Waals surface area contributed by atoms with Gasteiger partial charge in [0.25, 0.3) is 0 Å². The Hall–Kier alpha value is -1.29. The molecule has 0 atom stereocenters. The Labute approximate surface area is 133 Å². The van der Waals surface area contributed by atoms with Gasteiger partial charge in [-0.15, -0.1) is 0 Å². The number of aryl methyl sites for hydroxylation is 1. The van der Waals surface area contributed by atoms with Crippen LogP contribution in [0.3, 0.4) is 0 Å². The Bertz CT molecular complexity index is 638. The van der Waals surface area contributed by atoms with Gasteiger partial charge in [-0.3, -0.25) is 0 Å². The van der Waals surface area contributed by atoms with Gasteiger partial charge in [-0.1, -0.05) is 53.6 Å². The molecule has 0 aromatic heterocycles. The highest BCUT2D eigenvalue weighted by Crippen LogP contribution is 2.27. The van der Waals surface area contributed by atoms with Crippen LogP contribution < -0.4 is 10.5 Å². The minimum Gasteiger partial charge on any atom is -0.489 e. The average molecular weight is 326 g/mol. The third-order valence-electron chi connectivity index (χ3n) is 2.91. The first-order valence-electron chi connectivity index (χ1n) is 5.95. The Morgan fingerprint density at radius 3 is 2.45 bits per heavy atom. The van der Waals surface area contributed by atoms with Gasteiger partial charge in [-0.2, -0.15) is 0 Å². The molecule has 2 N–H and O–H groups in total. The van der Waals surface area contributed by atoms with Gasteiger partial charge >= 0.3 is 0 Å².